The third kappa shape index (κ3) is 3.44. The zero-order valence-corrected chi connectivity index (χ0v) is 13.0. The molecule has 0 fully saturated rings. The number of rotatable bonds is 6. The first-order valence-corrected chi connectivity index (χ1v) is 7.86. The number of furan rings is 1. The van der Waals surface area contributed by atoms with Crippen LogP contribution in [0.4, 0.5) is 0 Å². The van der Waals surface area contributed by atoms with Crippen LogP contribution in [0.5, 0.6) is 0 Å². The predicted octanol–water partition coefficient (Wildman–Crippen LogP) is 1.88. The van der Waals surface area contributed by atoms with Crippen LogP contribution in [0, 0.1) is 0 Å². The lowest BCUT2D eigenvalue weighted by Crippen LogP contribution is -2.34. The second-order valence-corrected chi connectivity index (χ2v) is 5.75. The van der Waals surface area contributed by atoms with Crippen molar-refractivity contribution in [1.82, 2.24) is 10.6 Å². The molecule has 120 valence electrons. The second-order valence-electron chi connectivity index (χ2n) is 5.75. The van der Waals surface area contributed by atoms with Crippen molar-refractivity contribution in [1.29, 1.82) is 0 Å². The normalized spacial score (nSPS) is 12.9. The summed E-state index contributed by atoms with van der Waals surface area (Å²) in [5.41, 5.74) is 4.49. The average Bonchev–Trinajstić information content (AvgIpc) is 3.16. The van der Waals surface area contributed by atoms with Crippen LogP contribution in [0.25, 0.3) is 11.0 Å². The number of benzene rings is 1. The summed E-state index contributed by atoms with van der Waals surface area (Å²) < 4.78 is 5.60. The summed E-state index contributed by atoms with van der Waals surface area (Å²) in [6.45, 7) is 4.15. The van der Waals surface area contributed by atoms with Gasteiger partial charge in [-0.1, -0.05) is 6.58 Å². The zero-order valence-electron chi connectivity index (χ0n) is 13.0. The summed E-state index contributed by atoms with van der Waals surface area (Å²) in [6, 6.07) is 4.26. The van der Waals surface area contributed by atoms with Crippen molar-refractivity contribution < 1.29 is 14.0 Å². The molecule has 0 saturated carbocycles. The van der Waals surface area contributed by atoms with Crippen molar-refractivity contribution in [3.63, 3.8) is 0 Å². The standard InChI is InChI=1S/C18H20N2O3/c1-2-17(21)19-6-7-20-18(22)10-14-11-23-16-9-13-5-3-4-12(13)8-15(14)16/h2,8-9,11H,1,3-7,10H2,(H,19,21)(H,20,22). The minimum absolute atomic E-state index is 0.0824. The molecule has 3 rings (SSSR count). The van der Waals surface area contributed by atoms with Crippen LogP contribution in [-0.4, -0.2) is 24.9 Å². The summed E-state index contributed by atoms with van der Waals surface area (Å²) in [5, 5.41) is 6.43. The fraction of sp³-hybridized carbons (Fsp3) is 0.333. The van der Waals surface area contributed by atoms with Gasteiger partial charge >= 0.3 is 0 Å². The van der Waals surface area contributed by atoms with E-state index in [0.717, 1.165) is 29.4 Å². The zero-order chi connectivity index (χ0) is 16.2. The van der Waals surface area contributed by atoms with Crippen LogP contribution in [0.15, 0.2) is 35.5 Å². The van der Waals surface area contributed by atoms with Crippen LogP contribution in [-0.2, 0) is 28.9 Å². The van der Waals surface area contributed by atoms with Crippen molar-refractivity contribution in [2.24, 2.45) is 0 Å². The number of nitrogens with one attached hydrogen (secondary N) is 2. The molecule has 0 aliphatic heterocycles. The lowest BCUT2D eigenvalue weighted by molar-refractivity contribution is -0.121. The summed E-state index contributed by atoms with van der Waals surface area (Å²) in [5.74, 6) is -0.324. The maximum atomic E-state index is 12.0. The minimum atomic E-state index is -0.242. The second kappa shape index (κ2) is 6.69. The summed E-state index contributed by atoms with van der Waals surface area (Å²) in [7, 11) is 0. The molecule has 0 bridgehead atoms. The van der Waals surface area contributed by atoms with Crippen molar-refractivity contribution in [2.75, 3.05) is 13.1 Å². The fourth-order valence-electron chi connectivity index (χ4n) is 2.98. The van der Waals surface area contributed by atoms with E-state index in [1.54, 1.807) is 6.26 Å². The minimum Gasteiger partial charge on any atom is -0.464 e. The highest BCUT2D eigenvalue weighted by Gasteiger charge is 2.16. The average molecular weight is 312 g/mol. The highest BCUT2D eigenvalue weighted by atomic mass is 16.3. The SMILES string of the molecule is C=CC(=O)NCCNC(=O)Cc1coc2cc3c(cc12)CCC3. The molecule has 0 spiro atoms. The Bertz CT molecular complexity index is 761. The van der Waals surface area contributed by atoms with Gasteiger partial charge in [0.25, 0.3) is 0 Å². The third-order valence-corrected chi connectivity index (χ3v) is 4.15. The van der Waals surface area contributed by atoms with Gasteiger partial charge in [-0.25, -0.2) is 0 Å². The number of hydrogen-bond acceptors (Lipinski definition) is 3. The van der Waals surface area contributed by atoms with E-state index in [-0.39, 0.29) is 18.2 Å². The highest BCUT2D eigenvalue weighted by Crippen LogP contribution is 2.30. The Labute approximate surface area is 134 Å². The van der Waals surface area contributed by atoms with Gasteiger partial charge in [-0.2, -0.15) is 0 Å². The molecule has 0 radical (unpaired) electrons. The van der Waals surface area contributed by atoms with Gasteiger partial charge in [0.1, 0.15) is 5.58 Å². The first-order valence-electron chi connectivity index (χ1n) is 7.86. The highest BCUT2D eigenvalue weighted by molar-refractivity contribution is 5.89. The van der Waals surface area contributed by atoms with Crippen LogP contribution < -0.4 is 10.6 Å². The van der Waals surface area contributed by atoms with E-state index in [0.29, 0.717) is 13.1 Å². The lowest BCUT2D eigenvalue weighted by Gasteiger charge is -2.05. The third-order valence-electron chi connectivity index (χ3n) is 4.15. The molecule has 1 heterocycles. The predicted molar refractivity (Wildman–Crippen MR) is 88.2 cm³/mol. The molecule has 5 heteroatoms. The summed E-state index contributed by atoms with van der Waals surface area (Å²) >= 11 is 0. The Balaban J connectivity index is 1.59. The van der Waals surface area contributed by atoms with E-state index < -0.39 is 0 Å². The molecule has 2 N–H and O–H groups in total. The van der Waals surface area contributed by atoms with Crippen molar-refractivity contribution in [2.45, 2.75) is 25.7 Å². The molecule has 1 aromatic carbocycles. The van der Waals surface area contributed by atoms with Crippen molar-refractivity contribution in [3.8, 4) is 0 Å². The number of carbonyl (C=O) groups is 2. The molecule has 2 aromatic rings. The van der Waals surface area contributed by atoms with E-state index in [9.17, 15) is 9.59 Å². The topological polar surface area (TPSA) is 71.3 Å². The number of fused-ring (bicyclic) bond motifs is 2. The summed E-state index contributed by atoms with van der Waals surface area (Å²) in [6.07, 6.45) is 6.55. The smallest absolute Gasteiger partial charge is 0.243 e. The molecule has 0 atom stereocenters. The Morgan fingerprint density at radius 1 is 1.17 bits per heavy atom. The molecule has 1 aliphatic carbocycles. The van der Waals surface area contributed by atoms with Gasteiger partial charge in [-0.15, -0.1) is 0 Å². The van der Waals surface area contributed by atoms with Crippen LogP contribution in [0.2, 0.25) is 0 Å². The molecule has 23 heavy (non-hydrogen) atoms. The first-order chi connectivity index (χ1) is 11.2. The molecule has 0 unspecified atom stereocenters. The van der Waals surface area contributed by atoms with Crippen LogP contribution in [0.3, 0.4) is 0 Å². The number of amides is 2. The van der Waals surface area contributed by atoms with E-state index in [1.807, 2.05) is 0 Å². The Morgan fingerprint density at radius 3 is 2.70 bits per heavy atom. The van der Waals surface area contributed by atoms with Crippen molar-refractivity contribution >= 4 is 22.8 Å². The van der Waals surface area contributed by atoms with E-state index in [4.69, 9.17) is 4.42 Å². The van der Waals surface area contributed by atoms with Gasteiger partial charge in [0, 0.05) is 24.0 Å². The molecule has 0 saturated heterocycles. The van der Waals surface area contributed by atoms with Gasteiger partial charge in [0.15, 0.2) is 0 Å². The largest absolute Gasteiger partial charge is 0.464 e. The molecule has 2 amide bonds. The maximum Gasteiger partial charge on any atom is 0.243 e. The monoisotopic (exact) mass is 312 g/mol. The lowest BCUT2D eigenvalue weighted by atomic mass is 10.0. The van der Waals surface area contributed by atoms with E-state index in [1.165, 1.54) is 23.6 Å². The maximum absolute atomic E-state index is 12.0. The fourth-order valence-corrected chi connectivity index (χ4v) is 2.98. The molecule has 5 nitrogen and oxygen atoms in total. The van der Waals surface area contributed by atoms with Gasteiger partial charge in [-0.05, 0) is 48.6 Å². The van der Waals surface area contributed by atoms with Crippen LogP contribution >= 0.6 is 0 Å². The Morgan fingerprint density at radius 2 is 1.91 bits per heavy atom. The van der Waals surface area contributed by atoms with Crippen molar-refractivity contribution in [3.05, 3.63) is 47.7 Å². The number of aryl methyl sites for hydroxylation is 2. The van der Waals surface area contributed by atoms with Gasteiger partial charge < -0.3 is 15.1 Å². The number of carbonyl (C=O) groups excluding carboxylic acids is 2. The van der Waals surface area contributed by atoms with Gasteiger partial charge in [0.05, 0.1) is 12.7 Å². The first kappa shape index (κ1) is 15.3. The molecular formula is C18H20N2O3. The Kier molecular flexibility index (Phi) is 4.46. The van der Waals surface area contributed by atoms with Gasteiger partial charge in [0.2, 0.25) is 11.8 Å². The molecule has 1 aliphatic rings. The van der Waals surface area contributed by atoms with Gasteiger partial charge in [-0.3, -0.25) is 9.59 Å². The number of hydrogen-bond donors (Lipinski definition) is 2. The van der Waals surface area contributed by atoms with E-state index in [2.05, 4.69) is 29.3 Å². The van der Waals surface area contributed by atoms with Crippen LogP contribution in [0.1, 0.15) is 23.1 Å². The molecular weight excluding hydrogens is 292 g/mol. The summed E-state index contributed by atoms with van der Waals surface area (Å²) in [4.78, 5) is 23.0. The Hall–Kier alpha value is -2.56. The quantitative estimate of drug-likeness (QED) is 0.632. The van der Waals surface area contributed by atoms with E-state index >= 15 is 0 Å². The molecule has 1 aromatic heterocycles.